The zero-order chi connectivity index (χ0) is 35.5. The van der Waals surface area contributed by atoms with Gasteiger partial charge in [0.1, 0.15) is 24.2 Å². The topological polar surface area (TPSA) is 250 Å². The van der Waals surface area contributed by atoms with Crippen LogP contribution in [0.3, 0.4) is 0 Å². The molecule has 0 aliphatic heterocycles. The van der Waals surface area contributed by atoms with E-state index < -0.39 is 59.7 Å². The Morgan fingerprint density at radius 2 is 1.17 bits per heavy atom. The van der Waals surface area contributed by atoms with E-state index in [-0.39, 0.29) is 43.9 Å². The van der Waals surface area contributed by atoms with Gasteiger partial charge in [-0.1, -0.05) is 60.7 Å². The number of thiol groups is 1. The number of rotatable bonds is 21. The molecule has 0 aliphatic carbocycles. The minimum absolute atomic E-state index is 0.0683. The summed E-state index contributed by atoms with van der Waals surface area (Å²) in [5.74, 6) is -2.74. The van der Waals surface area contributed by atoms with Gasteiger partial charge < -0.3 is 44.2 Å². The molecule has 2 aromatic rings. The zero-order valence-electron chi connectivity index (χ0n) is 27.0. The van der Waals surface area contributed by atoms with Gasteiger partial charge in [-0.05, 0) is 42.4 Å². The minimum atomic E-state index is -1.12. The predicted octanol–water partition coefficient (Wildman–Crippen LogP) is -1.04. The summed E-state index contributed by atoms with van der Waals surface area (Å²) in [5, 5.41) is 10.8. The van der Waals surface area contributed by atoms with Crippen molar-refractivity contribution in [2.24, 2.45) is 27.9 Å². The Morgan fingerprint density at radius 1 is 0.708 bits per heavy atom. The quantitative estimate of drug-likeness (QED) is 0.0333. The molecule has 2 rings (SSSR count). The van der Waals surface area contributed by atoms with Crippen LogP contribution >= 0.6 is 24.4 Å². The number of hydrogen-bond donors (Lipinski definition) is 9. The lowest BCUT2D eigenvalue weighted by Gasteiger charge is -2.26. The predicted molar refractivity (Wildman–Crippen MR) is 192 cm³/mol. The highest BCUT2D eigenvalue weighted by atomic mass is 32.2. The standard InChI is InChI=1S/C32H47N9O5S2/c1-48-16-14-24(39-31(46)26(41-28(43)22(33)19-47)18-21-11-6-3-7-12-21)30(45)38-23(13-8-15-37-32(35)36)29(44)40-25(27(34)42)17-20-9-4-2-5-10-20/h2-7,9-12,22-26,47H,8,13-19,33H2,1H3,(H2,34,42)(H,38,45)(H,39,46)(H,40,44)(H,41,43)(H4,35,36,37)/t22-,23-,24-,25-,26-/m0/s1. The van der Waals surface area contributed by atoms with Crippen molar-refractivity contribution in [3.8, 4) is 0 Å². The van der Waals surface area contributed by atoms with Gasteiger partial charge in [0.15, 0.2) is 5.96 Å². The zero-order valence-corrected chi connectivity index (χ0v) is 28.7. The molecule has 0 saturated carbocycles. The second-order valence-electron chi connectivity index (χ2n) is 11.0. The van der Waals surface area contributed by atoms with Gasteiger partial charge in [-0.2, -0.15) is 24.4 Å². The van der Waals surface area contributed by atoms with E-state index in [0.29, 0.717) is 12.2 Å². The molecule has 5 atom stereocenters. The SMILES string of the molecule is CSCC[C@H](NC(=O)[C@H](Cc1ccccc1)NC(=O)[C@@H](N)CS)C(=O)N[C@@H](CCCN=C(N)N)C(=O)N[C@@H](Cc1ccccc1)C(N)=O. The fourth-order valence-electron chi connectivity index (χ4n) is 4.59. The van der Waals surface area contributed by atoms with Crippen LogP contribution in [-0.2, 0) is 36.8 Å². The Bertz CT molecular complexity index is 1360. The van der Waals surface area contributed by atoms with Gasteiger partial charge in [-0.15, -0.1) is 0 Å². The first kappa shape index (κ1) is 39.9. The highest BCUT2D eigenvalue weighted by Gasteiger charge is 2.31. The maximum atomic E-state index is 13.7. The summed E-state index contributed by atoms with van der Waals surface area (Å²) in [6, 6.07) is 12.9. The lowest BCUT2D eigenvalue weighted by molar-refractivity contribution is -0.134. The Kier molecular flexibility index (Phi) is 17.9. The summed E-state index contributed by atoms with van der Waals surface area (Å²) >= 11 is 5.54. The molecule has 0 aliphatic rings. The van der Waals surface area contributed by atoms with Crippen LogP contribution in [0.5, 0.6) is 0 Å². The average molecular weight is 702 g/mol. The summed E-state index contributed by atoms with van der Waals surface area (Å²) in [7, 11) is 0. The molecule has 0 aromatic heterocycles. The van der Waals surface area contributed by atoms with Crippen molar-refractivity contribution in [1.29, 1.82) is 0 Å². The first-order chi connectivity index (χ1) is 22.9. The number of hydrogen-bond acceptors (Lipinski definition) is 9. The Labute approximate surface area is 290 Å². The lowest BCUT2D eigenvalue weighted by atomic mass is 10.0. The Hall–Kier alpha value is -4.28. The van der Waals surface area contributed by atoms with Gasteiger partial charge in [0.05, 0.1) is 6.04 Å². The molecule has 14 nitrogen and oxygen atoms in total. The highest BCUT2D eigenvalue weighted by Crippen LogP contribution is 2.09. The van der Waals surface area contributed by atoms with Crippen LogP contribution in [0.15, 0.2) is 65.7 Å². The van der Waals surface area contributed by atoms with Crippen LogP contribution < -0.4 is 44.2 Å². The van der Waals surface area contributed by atoms with E-state index in [1.165, 1.54) is 11.8 Å². The van der Waals surface area contributed by atoms with E-state index >= 15 is 0 Å². The Morgan fingerprint density at radius 3 is 1.65 bits per heavy atom. The second kappa shape index (κ2) is 21.6. The Balaban J connectivity index is 2.28. The molecule has 2 aromatic carbocycles. The number of aliphatic imine (C=N–C) groups is 1. The van der Waals surface area contributed by atoms with E-state index in [1.54, 1.807) is 36.4 Å². The van der Waals surface area contributed by atoms with Crippen LogP contribution in [0.25, 0.3) is 0 Å². The van der Waals surface area contributed by atoms with E-state index in [0.717, 1.165) is 11.1 Å². The maximum Gasteiger partial charge on any atom is 0.243 e. The summed E-state index contributed by atoms with van der Waals surface area (Å²) in [5.41, 5.74) is 23.9. The number of carbonyl (C=O) groups excluding carboxylic acids is 5. The number of amides is 5. The molecule has 0 bridgehead atoms. The summed E-state index contributed by atoms with van der Waals surface area (Å²) in [6.45, 7) is 0.188. The van der Waals surface area contributed by atoms with Crippen molar-refractivity contribution < 1.29 is 24.0 Å². The normalized spacial score (nSPS) is 13.9. The minimum Gasteiger partial charge on any atom is -0.370 e. The van der Waals surface area contributed by atoms with E-state index in [9.17, 15) is 24.0 Å². The molecule has 0 radical (unpaired) electrons. The van der Waals surface area contributed by atoms with Crippen LogP contribution in [0, 0.1) is 0 Å². The second-order valence-corrected chi connectivity index (χ2v) is 12.4. The van der Waals surface area contributed by atoms with Crippen molar-refractivity contribution >= 4 is 59.9 Å². The third kappa shape index (κ3) is 14.6. The van der Waals surface area contributed by atoms with Gasteiger partial charge in [0, 0.05) is 25.1 Å². The number of carbonyl (C=O) groups is 5. The molecule has 262 valence electrons. The molecule has 48 heavy (non-hydrogen) atoms. The number of primary amides is 1. The van der Waals surface area contributed by atoms with Crippen LogP contribution in [0.2, 0.25) is 0 Å². The smallest absolute Gasteiger partial charge is 0.243 e. The molecule has 0 spiro atoms. The van der Waals surface area contributed by atoms with Crippen molar-refractivity contribution in [3.63, 3.8) is 0 Å². The lowest BCUT2D eigenvalue weighted by Crippen LogP contribution is -2.59. The van der Waals surface area contributed by atoms with Crippen LogP contribution in [0.4, 0.5) is 0 Å². The summed E-state index contributed by atoms with van der Waals surface area (Å²) in [4.78, 5) is 69.7. The molecule has 5 amide bonds. The van der Waals surface area contributed by atoms with Crippen molar-refractivity contribution in [2.75, 3.05) is 24.3 Å². The van der Waals surface area contributed by atoms with Gasteiger partial charge in [0.25, 0.3) is 0 Å². The van der Waals surface area contributed by atoms with Crippen molar-refractivity contribution in [2.45, 2.75) is 62.3 Å². The number of nitrogens with two attached hydrogens (primary N) is 4. The molecule has 16 heteroatoms. The molecule has 0 heterocycles. The molecular weight excluding hydrogens is 655 g/mol. The van der Waals surface area contributed by atoms with Gasteiger partial charge in [-0.3, -0.25) is 29.0 Å². The van der Waals surface area contributed by atoms with Gasteiger partial charge in [0.2, 0.25) is 29.5 Å². The third-order valence-electron chi connectivity index (χ3n) is 7.21. The summed E-state index contributed by atoms with van der Waals surface area (Å²) < 4.78 is 0. The number of nitrogens with one attached hydrogen (secondary N) is 4. The number of benzene rings is 2. The first-order valence-electron chi connectivity index (χ1n) is 15.4. The molecule has 0 fully saturated rings. The average Bonchev–Trinajstić information content (AvgIpc) is 3.07. The van der Waals surface area contributed by atoms with E-state index in [4.69, 9.17) is 22.9 Å². The molecule has 0 unspecified atom stereocenters. The first-order valence-corrected chi connectivity index (χ1v) is 17.5. The van der Waals surface area contributed by atoms with Crippen molar-refractivity contribution in [1.82, 2.24) is 21.3 Å². The fourth-order valence-corrected chi connectivity index (χ4v) is 5.22. The monoisotopic (exact) mass is 701 g/mol. The molecule has 0 saturated heterocycles. The van der Waals surface area contributed by atoms with Gasteiger partial charge in [-0.25, -0.2) is 0 Å². The fraction of sp³-hybridized carbons (Fsp3) is 0.438. The number of nitrogens with zero attached hydrogens (tertiary/aromatic N) is 1. The largest absolute Gasteiger partial charge is 0.370 e. The van der Waals surface area contributed by atoms with Crippen LogP contribution in [-0.4, -0.2) is 90.0 Å². The maximum absolute atomic E-state index is 13.7. The van der Waals surface area contributed by atoms with Crippen LogP contribution in [0.1, 0.15) is 30.4 Å². The van der Waals surface area contributed by atoms with E-state index in [2.05, 4.69) is 38.9 Å². The molecule has 12 N–H and O–H groups in total. The van der Waals surface area contributed by atoms with E-state index in [1.807, 2.05) is 30.5 Å². The third-order valence-corrected chi connectivity index (χ3v) is 8.25. The summed E-state index contributed by atoms with van der Waals surface area (Å²) in [6.07, 6.45) is 2.79. The number of guanidine groups is 1. The highest BCUT2D eigenvalue weighted by molar-refractivity contribution is 7.98. The molecular formula is C32H47N9O5S2. The van der Waals surface area contributed by atoms with Gasteiger partial charge >= 0.3 is 0 Å². The van der Waals surface area contributed by atoms with Crippen molar-refractivity contribution in [3.05, 3.63) is 71.8 Å². The number of thioether (sulfide) groups is 1.